The Bertz CT molecular complexity index is 262. The predicted octanol–water partition coefficient (Wildman–Crippen LogP) is 0.398. The van der Waals surface area contributed by atoms with Crippen molar-refractivity contribution >= 4 is 11.9 Å². The van der Waals surface area contributed by atoms with Crippen molar-refractivity contribution in [3.63, 3.8) is 0 Å². The Kier molecular flexibility index (Phi) is 5.97. The van der Waals surface area contributed by atoms with Crippen LogP contribution in [0.2, 0.25) is 0 Å². The van der Waals surface area contributed by atoms with Gasteiger partial charge in [0.15, 0.2) is 0 Å². The van der Waals surface area contributed by atoms with E-state index in [1.165, 1.54) is 7.11 Å². The van der Waals surface area contributed by atoms with Crippen LogP contribution in [0.5, 0.6) is 0 Å². The van der Waals surface area contributed by atoms with Gasteiger partial charge in [-0.25, -0.2) is 0 Å². The van der Waals surface area contributed by atoms with Crippen LogP contribution in [-0.4, -0.2) is 50.1 Å². The van der Waals surface area contributed by atoms with Crippen LogP contribution < -0.4 is 5.32 Å². The molecule has 98 valence electrons. The minimum absolute atomic E-state index is 0.0138. The first-order chi connectivity index (χ1) is 8.19. The maximum absolute atomic E-state index is 12.2. The lowest BCUT2D eigenvalue weighted by Gasteiger charge is -2.28. The SMILES string of the molecule is CCCN(CC(=O)OC)C(=O)[C@@H]1CCCNC1. The molecule has 1 N–H and O–H groups in total. The molecule has 1 aliphatic rings. The predicted molar refractivity (Wildman–Crippen MR) is 64.5 cm³/mol. The van der Waals surface area contributed by atoms with Gasteiger partial charge in [-0.2, -0.15) is 0 Å². The van der Waals surface area contributed by atoms with Gasteiger partial charge in [0.2, 0.25) is 5.91 Å². The summed E-state index contributed by atoms with van der Waals surface area (Å²) in [7, 11) is 1.35. The van der Waals surface area contributed by atoms with Crippen molar-refractivity contribution in [2.24, 2.45) is 5.92 Å². The standard InChI is InChI=1S/C12H22N2O3/c1-3-7-14(9-11(15)17-2)12(16)10-5-4-6-13-8-10/h10,13H,3-9H2,1-2H3/t10-/m1/s1. The van der Waals surface area contributed by atoms with E-state index in [1.54, 1.807) is 4.90 Å². The summed E-state index contributed by atoms with van der Waals surface area (Å²) in [5.41, 5.74) is 0. The first-order valence-electron chi connectivity index (χ1n) is 6.25. The van der Waals surface area contributed by atoms with Crippen molar-refractivity contribution in [1.82, 2.24) is 10.2 Å². The normalized spacial score (nSPS) is 19.8. The summed E-state index contributed by atoms with van der Waals surface area (Å²) in [5, 5.41) is 3.22. The number of piperidine rings is 1. The quantitative estimate of drug-likeness (QED) is 0.709. The van der Waals surface area contributed by atoms with Gasteiger partial charge in [0, 0.05) is 13.1 Å². The molecule has 0 aromatic rings. The topological polar surface area (TPSA) is 58.6 Å². The number of carbonyl (C=O) groups is 2. The largest absolute Gasteiger partial charge is 0.468 e. The molecule has 1 rings (SSSR count). The number of hydrogen-bond acceptors (Lipinski definition) is 4. The summed E-state index contributed by atoms with van der Waals surface area (Å²) in [6.45, 7) is 4.38. The number of hydrogen-bond donors (Lipinski definition) is 1. The van der Waals surface area contributed by atoms with Gasteiger partial charge in [0.05, 0.1) is 13.0 Å². The Morgan fingerprint density at radius 1 is 1.47 bits per heavy atom. The molecule has 0 radical (unpaired) electrons. The second kappa shape index (κ2) is 7.27. The highest BCUT2D eigenvalue weighted by molar-refractivity contribution is 5.83. The summed E-state index contributed by atoms with van der Waals surface area (Å²) in [4.78, 5) is 25.1. The summed E-state index contributed by atoms with van der Waals surface area (Å²) in [6.07, 6.45) is 2.78. The molecule has 0 aliphatic carbocycles. The fourth-order valence-corrected chi connectivity index (χ4v) is 2.08. The molecule has 1 amide bonds. The van der Waals surface area contributed by atoms with Gasteiger partial charge in [-0.05, 0) is 25.8 Å². The highest BCUT2D eigenvalue weighted by Gasteiger charge is 2.26. The monoisotopic (exact) mass is 242 g/mol. The zero-order chi connectivity index (χ0) is 12.7. The number of carbonyl (C=O) groups excluding carboxylic acids is 2. The van der Waals surface area contributed by atoms with Crippen molar-refractivity contribution in [1.29, 1.82) is 0 Å². The molecule has 0 unspecified atom stereocenters. The van der Waals surface area contributed by atoms with E-state index in [4.69, 9.17) is 0 Å². The Morgan fingerprint density at radius 3 is 2.76 bits per heavy atom. The van der Waals surface area contributed by atoms with Crippen LogP contribution >= 0.6 is 0 Å². The molecule has 1 aliphatic heterocycles. The summed E-state index contributed by atoms with van der Waals surface area (Å²) in [6, 6.07) is 0. The van der Waals surface area contributed by atoms with Gasteiger partial charge in [0.25, 0.3) is 0 Å². The van der Waals surface area contributed by atoms with Gasteiger partial charge in [-0.15, -0.1) is 0 Å². The molecule has 1 saturated heterocycles. The summed E-state index contributed by atoms with van der Waals surface area (Å²) >= 11 is 0. The molecule has 0 bridgehead atoms. The van der Waals surface area contributed by atoms with Crippen LogP contribution in [0.3, 0.4) is 0 Å². The maximum Gasteiger partial charge on any atom is 0.325 e. The van der Waals surface area contributed by atoms with Crippen molar-refractivity contribution in [2.75, 3.05) is 33.3 Å². The number of methoxy groups -OCH3 is 1. The Morgan fingerprint density at radius 2 is 2.24 bits per heavy atom. The van der Waals surface area contributed by atoms with E-state index in [0.29, 0.717) is 6.54 Å². The van der Waals surface area contributed by atoms with Crippen LogP contribution in [0.4, 0.5) is 0 Å². The van der Waals surface area contributed by atoms with E-state index in [9.17, 15) is 9.59 Å². The van der Waals surface area contributed by atoms with Crippen LogP contribution in [0.1, 0.15) is 26.2 Å². The number of esters is 1. The van der Waals surface area contributed by atoms with E-state index in [-0.39, 0.29) is 24.3 Å². The van der Waals surface area contributed by atoms with E-state index < -0.39 is 0 Å². The Labute approximate surface area is 102 Å². The van der Waals surface area contributed by atoms with Crippen LogP contribution in [0.25, 0.3) is 0 Å². The van der Waals surface area contributed by atoms with Gasteiger partial charge in [0.1, 0.15) is 6.54 Å². The first-order valence-corrected chi connectivity index (χ1v) is 6.25. The number of nitrogens with one attached hydrogen (secondary N) is 1. The molecule has 1 fully saturated rings. The van der Waals surface area contributed by atoms with E-state index >= 15 is 0 Å². The van der Waals surface area contributed by atoms with Crippen molar-refractivity contribution in [3.05, 3.63) is 0 Å². The molecule has 1 atom stereocenters. The fourth-order valence-electron chi connectivity index (χ4n) is 2.08. The number of amides is 1. The zero-order valence-electron chi connectivity index (χ0n) is 10.7. The lowest BCUT2D eigenvalue weighted by atomic mass is 9.98. The second-order valence-electron chi connectivity index (χ2n) is 4.38. The average molecular weight is 242 g/mol. The minimum Gasteiger partial charge on any atom is -0.468 e. The van der Waals surface area contributed by atoms with Crippen molar-refractivity contribution in [3.8, 4) is 0 Å². The first kappa shape index (κ1) is 14.0. The molecule has 0 aromatic carbocycles. The number of nitrogens with zero attached hydrogens (tertiary/aromatic N) is 1. The fraction of sp³-hybridized carbons (Fsp3) is 0.833. The molecule has 0 saturated carbocycles. The molecule has 5 nitrogen and oxygen atoms in total. The van der Waals surface area contributed by atoms with E-state index in [0.717, 1.165) is 32.4 Å². The molecule has 1 heterocycles. The van der Waals surface area contributed by atoms with E-state index in [1.807, 2.05) is 6.92 Å². The molecular formula is C12H22N2O3. The lowest BCUT2D eigenvalue weighted by Crippen LogP contribution is -2.45. The smallest absolute Gasteiger partial charge is 0.325 e. The Hall–Kier alpha value is -1.10. The molecule has 0 aromatic heterocycles. The highest BCUT2D eigenvalue weighted by atomic mass is 16.5. The minimum atomic E-state index is -0.351. The maximum atomic E-state index is 12.2. The van der Waals surface area contributed by atoms with Crippen molar-refractivity contribution < 1.29 is 14.3 Å². The zero-order valence-corrected chi connectivity index (χ0v) is 10.7. The van der Waals surface area contributed by atoms with Gasteiger partial charge in [-0.1, -0.05) is 6.92 Å². The van der Waals surface area contributed by atoms with Gasteiger partial charge >= 0.3 is 5.97 Å². The van der Waals surface area contributed by atoms with Gasteiger partial charge in [-0.3, -0.25) is 9.59 Å². The van der Waals surface area contributed by atoms with Crippen LogP contribution in [-0.2, 0) is 14.3 Å². The third-order valence-corrected chi connectivity index (χ3v) is 3.00. The molecule has 17 heavy (non-hydrogen) atoms. The summed E-state index contributed by atoms with van der Waals surface area (Å²) < 4.78 is 4.62. The third-order valence-electron chi connectivity index (χ3n) is 3.00. The molecule has 5 heteroatoms. The van der Waals surface area contributed by atoms with Gasteiger partial charge < -0.3 is 15.0 Å². The Balaban J connectivity index is 2.55. The number of rotatable bonds is 5. The van der Waals surface area contributed by atoms with Crippen LogP contribution in [0, 0.1) is 5.92 Å². The van der Waals surface area contributed by atoms with E-state index in [2.05, 4.69) is 10.1 Å². The second-order valence-corrected chi connectivity index (χ2v) is 4.38. The van der Waals surface area contributed by atoms with Crippen LogP contribution in [0.15, 0.2) is 0 Å². The summed E-state index contributed by atoms with van der Waals surface area (Å²) in [5.74, 6) is -0.264. The third kappa shape index (κ3) is 4.34. The highest BCUT2D eigenvalue weighted by Crippen LogP contribution is 2.13. The number of ether oxygens (including phenoxy) is 1. The average Bonchev–Trinajstić information content (AvgIpc) is 2.38. The molecular weight excluding hydrogens is 220 g/mol. The lowest BCUT2D eigenvalue weighted by molar-refractivity contribution is -0.148. The van der Waals surface area contributed by atoms with Crippen molar-refractivity contribution in [2.45, 2.75) is 26.2 Å². The molecule has 0 spiro atoms.